The Morgan fingerprint density at radius 1 is 1.44 bits per heavy atom. The number of alkyl halides is 1. The summed E-state index contributed by atoms with van der Waals surface area (Å²) in [6.07, 6.45) is 1.19. The van der Waals surface area contributed by atoms with E-state index in [9.17, 15) is 0 Å². The molecule has 0 fully saturated rings. The molecule has 0 amide bonds. The maximum atomic E-state index is 5.31. The normalized spacial score (nSPS) is 10.7. The molecule has 0 spiro atoms. The van der Waals surface area contributed by atoms with Gasteiger partial charge in [-0.25, -0.2) is 0 Å². The van der Waals surface area contributed by atoms with Crippen molar-refractivity contribution in [1.82, 2.24) is 0 Å². The molecule has 0 bridgehead atoms. The molecule has 0 saturated carbocycles. The molecule has 0 rings (SSSR count). The van der Waals surface area contributed by atoms with Crippen LogP contribution in [0.3, 0.4) is 0 Å². The van der Waals surface area contributed by atoms with E-state index >= 15 is 0 Å². The minimum Gasteiger partial charge on any atom is -0.366 e. The highest BCUT2D eigenvalue weighted by molar-refractivity contribution is 6.55. The molecule has 0 aliphatic heterocycles. The highest BCUT2D eigenvalue weighted by Gasteiger charge is 1.93. The Labute approximate surface area is 64.0 Å². The maximum Gasteiger partial charge on any atom is 0.120 e. The van der Waals surface area contributed by atoms with Gasteiger partial charge in [0.25, 0.3) is 0 Å². The van der Waals surface area contributed by atoms with Crippen LogP contribution < -0.4 is 0 Å². The number of hydrogen-bond donors (Lipinski definition) is 0. The highest BCUT2D eigenvalue weighted by atomic mass is 35.5. The highest BCUT2D eigenvalue weighted by Crippen LogP contribution is 1.97. The second-order valence-electron chi connectivity index (χ2n) is 2.55. The molecule has 0 aliphatic rings. The van der Waals surface area contributed by atoms with E-state index in [1.165, 1.54) is 12.5 Å². The lowest BCUT2D eigenvalue weighted by Crippen LogP contribution is -2.01. The zero-order valence-corrected chi connectivity index (χ0v) is 8.10. The van der Waals surface area contributed by atoms with Gasteiger partial charge in [0, 0.05) is 15.4 Å². The SMILES string of the molecule is C[SiH](C)CCCOCCl. The van der Waals surface area contributed by atoms with E-state index < -0.39 is 0 Å². The van der Waals surface area contributed by atoms with Crippen LogP contribution in [0.1, 0.15) is 6.42 Å². The fourth-order valence-electron chi connectivity index (χ4n) is 0.648. The third kappa shape index (κ3) is 8.47. The smallest absolute Gasteiger partial charge is 0.120 e. The lowest BCUT2D eigenvalue weighted by Gasteiger charge is -2.01. The predicted octanol–water partition coefficient (Wildman–Crippen LogP) is 2.08. The van der Waals surface area contributed by atoms with Crippen molar-refractivity contribution in [3.63, 3.8) is 0 Å². The molecule has 0 aromatic rings. The Bertz CT molecular complexity index is 59.0. The van der Waals surface area contributed by atoms with E-state index in [4.69, 9.17) is 16.3 Å². The molecular formula is C6H15ClOSi. The fourth-order valence-corrected chi connectivity index (χ4v) is 1.74. The minimum absolute atomic E-state index is 0.336. The number of rotatable bonds is 5. The average molecular weight is 167 g/mol. The third-order valence-electron chi connectivity index (χ3n) is 1.15. The summed E-state index contributed by atoms with van der Waals surface area (Å²) in [5.41, 5.74) is 0. The van der Waals surface area contributed by atoms with Crippen LogP contribution in [0.4, 0.5) is 0 Å². The van der Waals surface area contributed by atoms with E-state index in [1.54, 1.807) is 0 Å². The summed E-state index contributed by atoms with van der Waals surface area (Å²) in [6.45, 7) is 5.54. The van der Waals surface area contributed by atoms with Crippen LogP contribution in [-0.2, 0) is 4.74 Å². The Hall–Kier alpha value is 0.467. The summed E-state index contributed by atoms with van der Waals surface area (Å²) in [5.74, 6) is 0. The largest absolute Gasteiger partial charge is 0.366 e. The molecule has 0 atom stereocenters. The summed E-state index contributed by atoms with van der Waals surface area (Å²) in [6, 6.07) is 1.72. The van der Waals surface area contributed by atoms with Crippen LogP contribution >= 0.6 is 11.6 Å². The second kappa shape index (κ2) is 6.58. The fraction of sp³-hybridized carbons (Fsp3) is 1.00. The van der Waals surface area contributed by atoms with Crippen molar-refractivity contribution in [2.75, 3.05) is 12.7 Å². The lowest BCUT2D eigenvalue weighted by molar-refractivity contribution is 0.179. The summed E-state index contributed by atoms with van der Waals surface area (Å²) in [7, 11) is -0.336. The van der Waals surface area contributed by atoms with Crippen LogP contribution in [0, 0.1) is 0 Å². The van der Waals surface area contributed by atoms with Gasteiger partial charge in [0.1, 0.15) is 6.07 Å². The van der Waals surface area contributed by atoms with Crippen molar-refractivity contribution in [2.24, 2.45) is 0 Å². The van der Waals surface area contributed by atoms with E-state index in [0.29, 0.717) is 6.07 Å². The number of halogens is 1. The molecule has 0 N–H and O–H groups in total. The van der Waals surface area contributed by atoms with Crippen molar-refractivity contribution in [3.05, 3.63) is 0 Å². The van der Waals surface area contributed by atoms with Crippen molar-refractivity contribution in [1.29, 1.82) is 0 Å². The van der Waals surface area contributed by atoms with Gasteiger partial charge in [-0.2, -0.15) is 0 Å². The van der Waals surface area contributed by atoms with Gasteiger partial charge in [-0.1, -0.05) is 30.7 Å². The number of hydrogen-bond acceptors (Lipinski definition) is 1. The quantitative estimate of drug-likeness (QED) is 0.345. The van der Waals surface area contributed by atoms with Gasteiger partial charge in [-0.05, 0) is 6.42 Å². The minimum atomic E-state index is -0.336. The molecular weight excluding hydrogens is 152 g/mol. The third-order valence-corrected chi connectivity index (χ3v) is 2.86. The molecule has 0 aromatic heterocycles. The Morgan fingerprint density at radius 3 is 2.56 bits per heavy atom. The Morgan fingerprint density at radius 2 is 2.11 bits per heavy atom. The van der Waals surface area contributed by atoms with Gasteiger partial charge in [-0.15, -0.1) is 0 Å². The van der Waals surface area contributed by atoms with Crippen molar-refractivity contribution >= 4 is 20.4 Å². The molecule has 0 radical (unpaired) electrons. The zero-order chi connectivity index (χ0) is 7.11. The van der Waals surface area contributed by atoms with E-state index in [-0.39, 0.29) is 8.80 Å². The summed E-state index contributed by atoms with van der Waals surface area (Å²) < 4.78 is 4.97. The molecule has 1 nitrogen and oxygen atoms in total. The molecule has 0 saturated heterocycles. The zero-order valence-electron chi connectivity index (χ0n) is 6.19. The van der Waals surface area contributed by atoms with Gasteiger partial charge >= 0.3 is 0 Å². The molecule has 9 heavy (non-hydrogen) atoms. The topological polar surface area (TPSA) is 9.23 Å². The Balaban J connectivity index is 2.75. The van der Waals surface area contributed by atoms with E-state index in [0.717, 1.165) is 6.61 Å². The first-order chi connectivity index (χ1) is 4.27. The second-order valence-corrected chi connectivity index (χ2v) is 6.14. The van der Waals surface area contributed by atoms with E-state index in [2.05, 4.69) is 13.1 Å². The molecule has 0 heterocycles. The van der Waals surface area contributed by atoms with Crippen LogP contribution in [0.2, 0.25) is 19.1 Å². The molecule has 3 heteroatoms. The van der Waals surface area contributed by atoms with Gasteiger partial charge in [0.2, 0.25) is 0 Å². The van der Waals surface area contributed by atoms with Gasteiger partial charge < -0.3 is 4.74 Å². The maximum absolute atomic E-state index is 5.31. The Kier molecular flexibility index (Phi) is 6.93. The first-order valence-corrected chi connectivity index (χ1v) is 7.07. The summed E-state index contributed by atoms with van der Waals surface area (Å²) in [5, 5.41) is 0. The van der Waals surface area contributed by atoms with Crippen LogP contribution in [-0.4, -0.2) is 21.5 Å². The van der Waals surface area contributed by atoms with E-state index in [1.807, 2.05) is 0 Å². The monoisotopic (exact) mass is 166 g/mol. The standard InChI is InChI=1S/C6H15ClOSi/c1-9(2)5-3-4-8-6-7/h9H,3-6H2,1-2H3. The number of ether oxygens (including phenoxy) is 1. The predicted molar refractivity (Wildman–Crippen MR) is 45.0 cm³/mol. The summed E-state index contributed by atoms with van der Waals surface area (Å²) >= 11 is 5.31. The first-order valence-electron chi connectivity index (χ1n) is 3.41. The first kappa shape index (κ1) is 9.47. The molecule has 0 aromatic carbocycles. The molecule has 0 aliphatic carbocycles. The van der Waals surface area contributed by atoms with Gasteiger partial charge in [0.05, 0.1) is 0 Å². The van der Waals surface area contributed by atoms with Crippen molar-refractivity contribution in [3.8, 4) is 0 Å². The van der Waals surface area contributed by atoms with Gasteiger partial charge in [0.15, 0.2) is 0 Å². The van der Waals surface area contributed by atoms with Crippen LogP contribution in [0.5, 0.6) is 0 Å². The van der Waals surface area contributed by atoms with Crippen LogP contribution in [0.25, 0.3) is 0 Å². The van der Waals surface area contributed by atoms with Crippen LogP contribution in [0.15, 0.2) is 0 Å². The lowest BCUT2D eigenvalue weighted by atomic mass is 10.5. The summed E-state index contributed by atoms with van der Waals surface area (Å²) in [4.78, 5) is 0. The van der Waals surface area contributed by atoms with Crippen molar-refractivity contribution in [2.45, 2.75) is 25.6 Å². The van der Waals surface area contributed by atoms with Gasteiger partial charge in [-0.3, -0.25) is 0 Å². The average Bonchev–Trinajstić information content (AvgIpc) is 1.80. The van der Waals surface area contributed by atoms with Crippen molar-refractivity contribution < 1.29 is 4.74 Å². The molecule has 0 unspecified atom stereocenters. The molecule has 56 valence electrons.